The third-order valence-corrected chi connectivity index (χ3v) is 4.27. The Bertz CT molecular complexity index is 922. The second-order valence-electron chi connectivity index (χ2n) is 6.15. The molecule has 142 valence electrons. The highest BCUT2D eigenvalue weighted by atomic mass is 16.5. The first kappa shape index (κ1) is 18.8. The van der Waals surface area contributed by atoms with Gasteiger partial charge in [-0.3, -0.25) is 0 Å². The number of ether oxygens (including phenoxy) is 2. The Hall–Kier alpha value is -2.93. The first-order valence-electron chi connectivity index (χ1n) is 9.04. The van der Waals surface area contributed by atoms with Crippen molar-refractivity contribution in [2.45, 2.75) is 26.3 Å². The fraction of sp³-hybridized carbons (Fsp3) is 0.350. The molecular weight excluding hydrogens is 342 g/mol. The number of methoxy groups -OCH3 is 1. The van der Waals surface area contributed by atoms with Gasteiger partial charge in [-0.1, -0.05) is 13.0 Å². The Morgan fingerprint density at radius 1 is 1.30 bits per heavy atom. The Morgan fingerprint density at radius 3 is 2.89 bits per heavy atom. The molecule has 0 aliphatic rings. The molecule has 1 atom stereocenters. The van der Waals surface area contributed by atoms with Crippen molar-refractivity contribution in [2.75, 3.05) is 20.3 Å². The van der Waals surface area contributed by atoms with E-state index in [4.69, 9.17) is 9.47 Å². The number of nitrogens with one attached hydrogen (secondary N) is 1. The van der Waals surface area contributed by atoms with Crippen molar-refractivity contribution in [3.05, 3.63) is 48.8 Å². The van der Waals surface area contributed by atoms with E-state index in [1.165, 1.54) is 0 Å². The first-order chi connectivity index (χ1) is 13.2. The van der Waals surface area contributed by atoms with Gasteiger partial charge in [-0.05, 0) is 43.7 Å². The molecule has 3 rings (SSSR count). The highest BCUT2D eigenvalue weighted by Crippen LogP contribution is 2.33. The van der Waals surface area contributed by atoms with Crippen LogP contribution in [0.2, 0.25) is 0 Å². The minimum atomic E-state index is 0.0918. The van der Waals surface area contributed by atoms with Gasteiger partial charge in [0.15, 0.2) is 0 Å². The van der Waals surface area contributed by atoms with Crippen molar-refractivity contribution in [1.29, 1.82) is 0 Å². The summed E-state index contributed by atoms with van der Waals surface area (Å²) in [7, 11) is 1.60. The third kappa shape index (κ3) is 4.09. The van der Waals surface area contributed by atoms with Gasteiger partial charge in [0.05, 0.1) is 31.1 Å². The lowest BCUT2D eigenvalue weighted by atomic mass is 10.1. The molecule has 0 aromatic carbocycles. The van der Waals surface area contributed by atoms with E-state index in [9.17, 15) is 0 Å². The molecule has 0 amide bonds. The zero-order valence-electron chi connectivity index (χ0n) is 16.0. The van der Waals surface area contributed by atoms with E-state index in [-0.39, 0.29) is 6.04 Å². The largest absolute Gasteiger partial charge is 0.479 e. The predicted octanol–water partition coefficient (Wildman–Crippen LogP) is 3.43. The maximum atomic E-state index is 5.91. The molecule has 3 heterocycles. The average molecular weight is 367 g/mol. The molecule has 0 aliphatic heterocycles. The zero-order chi connectivity index (χ0) is 19.2. The summed E-state index contributed by atoms with van der Waals surface area (Å²) in [6, 6.07) is 8.02. The normalized spacial score (nSPS) is 12.1. The topological polar surface area (TPSA) is 73.6 Å². The van der Waals surface area contributed by atoms with Crippen molar-refractivity contribution >= 4 is 5.52 Å². The molecular formula is C20H25N5O2. The van der Waals surface area contributed by atoms with Gasteiger partial charge >= 0.3 is 0 Å². The van der Waals surface area contributed by atoms with Gasteiger partial charge in [-0.15, -0.1) is 11.7 Å². The molecule has 1 N–H and O–H groups in total. The van der Waals surface area contributed by atoms with Gasteiger partial charge in [0.25, 0.3) is 0 Å². The number of fused-ring (bicyclic) bond motifs is 1. The van der Waals surface area contributed by atoms with Gasteiger partial charge in [-0.2, -0.15) is 10.2 Å². The van der Waals surface area contributed by atoms with Crippen molar-refractivity contribution in [1.82, 2.24) is 25.1 Å². The number of aromatic nitrogens is 4. The minimum Gasteiger partial charge on any atom is -0.479 e. The molecule has 27 heavy (non-hydrogen) atoms. The Kier molecular flexibility index (Phi) is 6.03. The lowest BCUT2D eigenvalue weighted by Gasteiger charge is -2.15. The summed E-state index contributed by atoms with van der Waals surface area (Å²) in [5.41, 5.74) is 3.59. The molecule has 3 aromatic rings. The fourth-order valence-electron chi connectivity index (χ4n) is 2.88. The molecule has 1 unspecified atom stereocenters. The van der Waals surface area contributed by atoms with E-state index < -0.39 is 0 Å². The van der Waals surface area contributed by atoms with Crippen LogP contribution in [0.25, 0.3) is 16.6 Å². The van der Waals surface area contributed by atoms with E-state index in [0.717, 1.165) is 35.3 Å². The molecule has 0 saturated carbocycles. The first-order valence-corrected chi connectivity index (χ1v) is 9.04. The Labute approximate surface area is 159 Å². The van der Waals surface area contributed by atoms with E-state index in [2.05, 4.69) is 41.0 Å². The second kappa shape index (κ2) is 8.64. The lowest BCUT2D eigenvalue weighted by Crippen LogP contribution is -2.19. The van der Waals surface area contributed by atoms with Gasteiger partial charge < -0.3 is 14.8 Å². The summed E-state index contributed by atoms with van der Waals surface area (Å²) in [4.78, 5) is 0. The molecule has 7 nitrogen and oxygen atoms in total. The van der Waals surface area contributed by atoms with E-state index in [1.54, 1.807) is 17.8 Å². The Morgan fingerprint density at radius 2 is 2.15 bits per heavy atom. The van der Waals surface area contributed by atoms with Crippen LogP contribution in [-0.2, 0) is 0 Å². The molecule has 0 spiro atoms. The molecule has 0 fully saturated rings. The molecule has 0 saturated heterocycles. The maximum absolute atomic E-state index is 5.91. The number of hydrogen-bond donors (Lipinski definition) is 1. The smallest absolute Gasteiger partial charge is 0.241 e. The zero-order valence-corrected chi connectivity index (χ0v) is 16.0. The molecule has 3 aromatic heterocycles. The van der Waals surface area contributed by atoms with Crippen LogP contribution < -0.4 is 14.8 Å². The maximum Gasteiger partial charge on any atom is 0.241 e. The van der Waals surface area contributed by atoms with Crippen molar-refractivity contribution in [3.63, 3.8) is 0 Å². The lowest BCUT2D eigenvalue weighted by molar-refractivity contribution is 0.304. The van der Waals surface area contributed by atoms with Crippen molar-refractivity contribution < 1.29 is 9.47 Å². The summed E-state index contributed by atoms with van der Waals surface area (Å²) >= 11 is 0. The van der Waals surface area contributed by atoms with E-state index in [0.29, 0.717) is 18.4 Å². The molecule has 0 aliphatic carbocycles. The van der Waals surface area contributed by atoms with Crippen molar-refractivity contribution in [3.8, 4) is 22.9 Å². The van der Waals surface area contributed by atoms with Gasteiger partial charge in [0, 0.05) is 17.7 Å². The number of hydrogen-bond acceptors (Lipinski definition) is 6. The number of rotatable bonds is 9. The predicted molar refractivity (Wildman–Crippen MR) is 105 cm³/mol. The summed E-state index contributed by atoms with van der Waals surface area (Å²) in [5.74, 6) is 1.14. The fourth-order valence-corrected chi connectivity index (χ4v) is 2.88. The van der Waals surface area contributed by atoms with Gasteiger partial charge in [0.2, 0.25) is 11.8 Å². The molecule has 0 radical (unpaired) electrons. The van der Waals surface area contributed by atoms with Crippen LogP contribution in [0.3, 0.4) is 0 Å². The summed E-state index contributed by atoms with van der Waals surface area (Å²) in [5, 5.41) is 16.3. The van der Waals surface area contributed by atoms with Crippen LogP contribution in [0.5, 0.6) is 11.8 Å². The molecule has 0 bridgehead atoms. The average Bonchev–Trinajstić information content (AvgIpc) is 3.16. The summed E-state index contributed by atoms with van der Waals surface area (Å²) in [6.45, 7) is 9.25. The van der Waals surface area contributed by atoms with E-state index >= 15 is 0 Å². The summed E-state index contributed by atoms with van der Waals surface area (Å²) in [6.07, 6.45) is 4.34. The Balaban J connectivity index is 2.07. The highest BCUT2D eigenvalue weighted by molar-refractivity contribution is 5.74. The van der Waals surface area contributed by atoms with Crippen LogP contribution in [0, 0.1) is 0 Å². The van der Waals surface area contributed by atoms with Gasteiger partial charge in [-0.25, -0.2) is 4.52 Å². The number of pyridine rings is 1. The van der Waals surface area contributed by atoms with Crippen LogP contribution in [0.4, 0.5) is 0 Å². The van der Waals surface area contributed by atoms with Crippen LogP contribution in [0.15, 0.2) is 43.1 Å². The van der Waals surface area contributed by atoms with Crippen LogP contribution in [0.1, 0.15) is 32.0 Å². The quantitative estimate of drug-likeness (QED) is 0.461. The highest BCUT2D eigenvalue weighted by Gasteiger charge is 2.16. The SMILES string of the molecule is C=CCCOc1cc(-c2cc(C(C)NCC)nnc2OC)cc2ccnn12. The minimum absolute atomic E-state index is 0.0918. The monoisotopic (exact) mass is 367 g/mol. The summed E-state index contributed by atoms with van der Waals surface area (Å²) < 4.78 is 13.1. The van der Waals surface area contributed by atoms with Crippen LogP contribution in [-0.4, -0.2) is 40.1 Å². The number of nitrogens with zero attached hydrogens (tertiary/aromatic N) is 4. The van der Waals surface area contributed by atoms with Crippen LogP contribution >= 0.6 is 0 Å². The van der Waals surface area contributed by atoms with Crippen molar-refractivity contribution in [2.24, 2.45) is 0 Å². The van der Waals surface area contributed by atoms with E-state index in [1.807, 2.05) is 30.3 Å². The van der Waals surface area contributed by atoms with Gasteiger partial charge in [0.1, 0.15) is 0 Å². The second-order valence-corrected chi connectivity index (χ2v) is 6.15. The third-order valence-electron chi connectivity index (χ3n) is 4.27. The standard InChI is InChI=1S/C20H25N5O2/c1-5-7-10-27-19-12-15(11-16-8-9-22-25(16)19)17-13-18(14(3)21-6-2)23-24-20(17)26-4/h5,8-9,11-14,21H,1,6-7,10H2,2-4H3. The molecule has 7 heteroatoms.